The van der Waals surface area contributed by atoms with E-state index in [1.54, 1.807) is 7.05 Å². The molecule has 2 heterocycles. The van der Waals surface area contributed by atoms with Crippen molar-refractivity contribution in [3.63, 3.8) is 0 Å². The minimum Gasteiger partial charge on any atom is -0.383 e. The Labute approximate surface area is 228 Å². The summed E-state index contributed by atoms with van der Waals surface area (Å²) in [5.74, 6) is 0. The highest BCUT2D eigenvalue weighted by Gasteiger charge is 2.11. The summed E-state index contributed by atoms with van der Waals surface area (Å²) >= 11 is 0. The molecule has 0 N–H and O–H groups in total. The van der Waals surface area contributed by atoms with Crippen molar-refractivity contribution in [2.45, 2.75) is 66.2 Å². The van der Waals surface area contributed by atoms with Crippen molar-refractivity contribution in [3.05, 3.63) is 78.1 Å². The first-order chi connectivity index (χ1) is 18.0. The molecule has 0 bridgehead atoms. The van der Waals surface area contributed by atoms with Gasteiger partial charge in [0.1, 0.15) is 0 Å². The van der Waals surface area contributed by atoms with Gasteiger partial charge in [0.25, 0.3) is 0 Å². The van der Waals surface area contributed by atoms with E-state index in [0.29, 0.717) is 0 Å². The maximum Gasteiger partial charge on any atom is 0.0705 e. The van der Waals surface area contributed by atoms with Crippen LogP contribution >= 0.6 is 0 Å². The molecule has 2 aromatic rings. The number of aliphatic imine (C=N–C) groups is 1. The van der Waals surface area contributed by atoms with Crippen molar-refractivity contribution < 1.29 is 6.16 Å². The average Bonchev–Trinajstić information content (AvgIpc) is 2.95. The van der Waals surface area contributed by atoms with Crippen LogP contribution in [0.2, 0.25) is 0 Å². The van der Waals surface area contributed by atoms with Gasteiger partial charge in [0, 0.05) is 65.0 Å². The van der Waals surface area contributed by atoms with Crippen LogP contribution in [0.5, 0.6) is 0 Å². The maximum atomic E-state index is 5.07. The van der Waals surface area contributed by atoms with Crippen LogP contribution in [0, 0.1) is 0 Å². The number of aromatic nitrogens is 1. The Balaban J connectivity index is 0.00000131. The number of ether oxygens (including phenoxy) is 1. The summed E-state index contributed by atoms with van der Waals surface area (Å²) in [6.45, 7) is 14.2. The molecule has 4 nitrogen and oxygen atoms in total. The molecule has 1 aromatic carbocycles. The second-order valence-corrected chi connectivity index (χ2v) is 8.93. The van der Waals surface area contributed by atoms with Gasteiger partial charge in [-0.05, 0) is 67.9 Å². The minimum atomic E-state index is 0. The van der Waals surface area contributed by atoms with E-state index in [4.69, 9.17) is 9.72 Å². The lowest BCUT2D eigenvalue weighted by molar-refractivity contribution is 0.0968. The molecule has 1 aliphatic heterocycles. The van der Waals surface area contributed by atoms with Crippen LogP contribution in [0.3, 0.4) is 0 Å². The monoisotopic (exact) mass is 505 g/mol. The van der Waals surface area contributed by atoms with Crippen LogP contribution in [0.15, 0.2) is 66.3 Å². The molecular formula is C33H51N3O. The van der Waals surface area contributed by atoms with Crippen LogP contribution in [0.4, 0.5) is 0 Å². The molecule has 0 aliphatic carbocycles. The molecule has 204 valence electrons. The first kappa shape index (κ1) is 32.0. The fraction of sp³-hybridized carbons (Fsp3) is 0.455. The largest absolute Gasteiger partial charge is 0.383 e. The Morgan fingerprint density at radius 2 is 1.84 bits per heavy atom. The summed E-state index contributed by atoms with van der Waals surface area (Å²) in [6.07, 6.45) is 15.1. The summed E-state index contributed by atoms with van der Waals surface area (Å²) in [5, 5.41) is 0. The zero-order valence-corrected chi connectivity index (χ0v) is 24.4. The molecule has 0 spiro atoms. The van der Waals surface area contributed by atoms with Crippen LogP contribution in [-0.2, 0) is 11.2 Å². The number of aryl methyl sites for hydroxylation is 1. The number of benzene rings is 1. The summed E-state index contributed by atoms with van der Waals surface area (Å²) in [5.41, 5.74) is 7.77. The van der Waals surface area contributed by atoms with Gasteiger partial charge in [0.2, 0.25) is 0 Å². The molecule has 37 heavy (non-hydrogen) atoms. The third-order valence-electron chi connectivity index (χ3n) is 5.82. The van der Waals surface area contributed by atoms with Gasteiger partial charge in [-0.1, -0.05) is 70.2 Å². The lowest BCUT2D eigenvalue weighted by Crippen LogP contribution is -2.03. The minimum absolute atomic E-state index is 0. The van der Waals surface area contributed by atoms with E-state index in [0.717, 1.165) is 66.1 Å². The number of nitrogens with zero attached hydrogens (tertiary/aromatic N) is 3. The molecule has 1 fully saturated rings. The molecular weight excluding hydrogens is 454 g/mol. The molecule has 4 heteroatoms. The Morgan fingerprint density at radius 1 is 1.11 bits per heavy atom. The van der Waals surface area contributed by atoms with Crippen LogP contribution in [0.1, 0.15) is 78.0 Å². The van der Waals surface area contributed by atoms with Gasteiger partial charge >= 0.3 is 0 Å². The lowest BCUT2D eigenvalue weighted by Gasteiger charge is -2.13. The number of unbranched alkanes of at least 4 members (excludes halogenated alkanes) is 1. The molecule has 1 aliphatic rings. The molecule has 0 radical (unpaired) electrons. The van der Waals surface area contributed by atoms with Gasteiger partial charge in [0.15, 0.2) is 0 Å². The summed E-state index contributed by atoms with van der Waals surface area (Å²) in [7, 11) is 5.85. The predicted octanol–water partition coefficient (Wildman–Crippen LogP) is 8.74. The Hall–Kier alpha value is -2.98. The summed E-state index contributed by atoms with van der Waals surface area (Å²) in [4.78, 5) is 11.3. The zero-order valence-electron chi connectivity index (χ0n) is 24.4. The van der Waals surface area contributed by atoms with Crippen molar-refractivity contribution in [2.24, 2.45) is 4.99 Å². The van der Waals surface area contributed by atoms with Crippen LogP contribution < -0.4 is 0 Å². The van der Waals surface area contributed by atoms with Crippen molar-refractivity contribution in [1.82, 2.24) is 9.88 Å². The SMILES string of the molecule is C1CCOCC1.C=C/C(=C\N(C)C)c1cccc(-c2ccc(/C(C=NC)=C/C)c(CCCC)n2)c1.CC.[HH]. The predicted molar refractivity (Wildman–Crippen MR) is 166 cm³/mol. The molecule has 0 atom stereocenters. The highest BCUT2D eigenvalue weighted by molar-refractivity contribution is 6.10. The molecule has 1 aromatic heterocycles. The van der Waals surface area contributed by atoms with Crippen molar-refractivity contribution >= 4 is 17.4 Å². The van der Waals surface area contributed by atoms with E-state index < -0.39 is 0 Å². The topological polar surface area (TPSA) is 37.7 Å². The van der Waals surface area contributed by atoms with E-state index in [1.807, 2.05) is 52.1 Å². The third kappa shape index (κ3) is 11.3. The molecule has 0 amide bonds. The highest BCUT2D eigenvalue weighted by Crippen LogP contribution is 2.27. The van der Waals surface area contributed by atoms with Gasteiger partial charge in [-0.25, -0.2) is 0 Å². The number of pyridine rings is 1. The fourth-order valence-corrected chi connectivity index (χ4v) is 3.97. The van der Waals surface area contributed by atoms with Crippen molar-refractivity contribution in [3.8, 4) is 11.3 Å². The second kappa shape index (κ2) is 19.2. The van der Waals surface area contributed by atoms with Gasteiger partial charge in [-0.2, -0.15) is 0 Å². The molecule has 0 unspecified atom stereocenters. The number of hydrogen-bond donors (Lipinski definition) is 0. The Kier molecular flexibility index (Phi) is 16.6. The second-order valence-electron chi connectivity index (χ2n) is 8.93. The van der Waals surface area contributed by atoms with Crippen molar-refractivity contribution in [2.75, 3.05) is 34.4 Å². The highest BCUT2D eigenvalue weighted by atomic mass is 16.5. The fourth-order valence-electron chi connectivity index (χ4n) is 3.97. The lowest BCUT2D eigenvalue weighted by atomic mass is 9.98. The first-order valence-corrected chi connectivity index (χ1v) is 13.8. The van der Waals surface area contributed by atoms with Gasteiger partial charge in [-0.15, -0.1) is 0 Å². The smallest absolute Gasteiger partial charge is 0.0705 e. The van der Waals surface area contributed by atoms with Gasteiger partial charge < -0.3 is 9.64 Å². The summed E-state index contributed by atoms with van der Waals surface area (Å²) in [6, 6.07) is 12.8. The van der Waals surface area contributed by atoms with Crippen molar-refractivity contribution in [1.29, 1.82) is 0 Å². The molecule has 0 saturated carbocycles. The maximum absolute atomic E-state index is 5.07. The Bertz CT molecular complexity index is 1010. The van der Waals surface area contributed by atoms with Gasteiger partial charge in [0.05, 0.1) is 5.69 Å². The van der Waals surface area contributed by atoms with E-state index in [-0.39, 0.29) is 1.43 Å². The van der Waals surface area contributed by atoms with E-state index >= 15 is 0 Å². The van der Waals surface area contributed by atoms with E-state index in [1.165, 1.54) is 24.8 Å². The van der Waals surface area contributed by atoms with E-state index in [9.17, 15) is 0 Å². The number of rotatable bonds is 9. The van der Waals surface area contributed by atoms with Gasteiger partial charge in [-0.3, -0.25) is 9.98 Å². The summed E-state index contributed by atoms with van der Waals surface area (Å²) < 4.78 is 5.07. The number of allylic oxidation sites excluding steroid dienone is 4. The standard InChI is InChI=1S/C26H33N3.C5H10O.C2H6.H2/c1-7-10-14-26-24(20(8-2)18-27-4)15-16-25(28-26)23-13-11-12-22(17-23)21(9-3)19-29(5)6;1-2-4-6-5-3-1;1-2;/h8-9,11-13,15-19H,3,7,10,14H2,1-2,4-6H3;1-5H2;1-2H3;1H/b20-8+,21-19+,27-18?;;;. The van der Waals surface area contributed by atoms with Crippen LogP contribution in [-0.4, -0.2) is 50.5 Å². The Morgan fingerprint density at radius 3 is 2.35 bits per heavy atom. The normalized spacial score (nSPS) is 13.8. The first-order valence-electron chi connectivity index (χ1n) is 13.8. The zero-order chi connectivity index (χ0) is 27.5. The van der Waals surface area contributed by atoms with E-state index in [2.05, 4.69) is 67.2 Å². The third-order valence-corrected chi connectivity index (χ3v) is 5.82. The quantitative estimate of drug-likeness (QED) is 0.252. The van der Waals surface area contributed by atoms with Crippen LogP contribution in [0.25, 0.3) is 22.4 Å². The molecule has 3 rings (SSSR count). The molecule has 1 saturated heterocycles. The average molecular weight is 506 g/mol. The number of hydrogen-bond acceptors (Lipinski definition) is 4.